The lowest BCUT2D eigenvalue weighted by atomic mass is 9.90. The standard InChI is InChI=1S/C17H16Cl2O3/c1-10-3-6-16(22-2)12(7-10)13(17(20)21)8-11-4-5-14(18)15(19)9-11/h3-7,9,13H,8H2,1-2H3,(H,20,21). The van der Waals surface area contributed by atoms with Gasteiger partial charge in [-0.1, -0.05) is 47.0 Å². The summed E-state index contributed by atoms with van der Waals surface area (Å²) in [6.45, 7) is 1.92. The molecule has 22 heavy (non-hydrogen) atoms. The van der Waals surface area contributed by atoms with E-state index in [4.69, 9.17) is 27.9 Å². The summed E-state index contributed by atoms with van der Waals surface area (Å²) in [5.41, 5.74) is 2.45. The Kier molecular flexibility index (Phi) is 5.33. The molecule has 2 rings (SSSR count). The quantitative estimate of drug-likeness (QED) is 0.857. The molecule has 1 N–H and O–H groups in total. The number of hydrogen-bond acceptors (Lipinski definition) is 2. The van der Waals surface area contributed by atoms with E-state index in [1.54, 1.807) is 24.3 Å². The predicted octanol–water partition coefficient (Wildman–Crippen LogP) is 4.72. The molecule has 1 unspecified atom stereocenters. The smallest absolute Gasteiger partial charge is 0.311 e. The van der Waals surface area contributed by atoms with Crippen molar-refractivity contribution in [2.75, 3.05) is 7.11 Å². The van der Waals surface area contributed by atoms with Gasteiger partial charge in [0.1, 0.15) is 5.75 Å². The first-order valence-electron chi connectivity index (χ1n) is 6.73. The lowest BCUT2D eigenvalue weighted by Crippen LogP contribution is -2.15. The van der Waals surface area contributed by atoms with Crippen molar-refractivity contribution in [2.45, 2.75) is 19.3 Å². The Labute approximate surface area is 139 Å². The summed E-state index contributed by atoms with van der Waals surface area (Å²) in [7, 11) is 1.53. The van der Waals surface area contributed by atoms with Crippen LogP contribution in [0.2, 0.25) is 10.0 Å². The van der Waals surface area contributed by atoms with Gasteiger partial charge in [0.05, 0.1) is 23.1 Å². The highest BCUT2D eigenvalue weighted by Gasteiger charge is 2.24. The molecule has 0 fully saturated rings. The summed E-state index contributed by atoms with van der Waals surface area (Å²) >= 11 is 11.9. The van der Waals surface area contributed by atoms with Gasteiger partial charge in [0, 0.05) is 5.56 Å². The highest BCUT2D eigenvalue weighted by atomic mass is 35.5. The molecule has 0 radical (unpaired) electrons. The van der Waals surface area contributed by atoms with Crippen LogP contribution in [0.15, 0.2) is 36.4 Å². The second kappa shape index (κ2) is 7.03. The van der Waals surface area contributed by atoms with E-state index in [1.807, 2.05) is 19.1 Å². The van der Waals surface area contributed by atoms with Gasteiger partial charge in [-0.05, 0) is 37.1 Å². The van der Waals surface area contributed by atoms with Gasteiger partial charge in [0.2, 0.25) is 0 Å². The van der Waals surface area contributed by atoms with Crippen molar-refractivity contribution in [3.8, 4) is 5.75 Å². The zero-order valence-electron chi connectivity index (χ0n) is 12.3. The molecule has 116 valence electrons. The average molecular weight is 339 g/mol. The number of carbonyl (C=O) groups is 1. The van der Waals surface area contributed by atoms with Crippen molar-refractivity contribution in [1.82, 2.24) is 0 Å². The Hall–Kier alpha value is -1.71. The monoisotopic (exact) mass is 338 g/mol. The molecule has 2 aromatic carbocycles. The van der Waals surface area contributed by atoms with Gasteiger partial charge in [0.25, 0.3) is 0 Å². The highest BCUT2D eigenvalue weighted by Crippen LogP contribution is 2.32. The molecule has 0 amide bonds. The number of ether oxygens (including phenoxy) is 1. The van der Waals surface area contributed by atoms with E-state index in [1.165, 1.54) is 7.11 Å². The number of halogens is 2. The Morgan fingerprint density at radius 2 is 1.91 bits per heavy atom. The lowest BCUT2D eigenvalue weighted by molar-refractivity contribution is -0.138. The van der Waals surface area contributed by atoms with Gasteiger partial charge >= 0.3 is 5.97 Å². The van der Waals surface area contributed by atoms with E-state index in [-0.39, 0.29) is 0 Å². The third-order valence-corrected chi connectivity index (χ3v) is 4.22. The molecule has 0 aliphatic heterocycles. The van der Waals surface area contributed by atoms with Gasteiger partial charge in [-0.2, -0.15) is 0 Å². The third-order valence-electron chi connectivity index (χ3n) is 3.48. The Balaban J connectivity index is 2.40. The van der Waals surface area contributed by atoms with Crippen LogP contribution in [0.1, 0.15) is 22.6 Å². The zero-order valence-corrected chi connectivity index (χ0v) is 13.8. The first-order chi connectivity index (χ1) is 10.4. The molecule has 5 heteroatoms. The SMILES string of the molecule is COc1ccc(C)cc1C(Cc1ccc(Cl)c(Cl)c1)C(=O)O. The molecule has 0 heterocycles. The molecule has 0 spiro atoms. The van der Waals surface area contributed by atoms with Gasteiger partial charge < -0.3 is 9.84 Å². The number of carboxylic acid groups (broad SMARTS) is 1. The molecule has 1 atom stereocenters. The topological polar surface area (TPSA) is 46.5 Å². The van der Waals surface area contributed by atoms with Crippen molar-refractivity contribution < 1.29 is 14.6 Å². The third kappa shape index (κ3) is 3.73. The van der Waals surface area contributed by atoms with Crippen LogP contribution in [0.3, 0.4) is 0 Å². The average Bonchev–Trinajstić information content (AvgIpc) is 2.48. The van der Waals surface area contributed by atoms with Crippen LogP contribution in [0.5, 0.6) is 5.75 Å². The maximum atomic E-state index is 11.7. The second-order valence-electron chi connectivity index (χ2n) is 5.09. The van der Waals surface area contributed by atoms with Crippen molar-refractivity contribution in [1.29, 1.82) is 0 Å². The molecule has 2 aromatic rings. The number of benzene rings is 2. The molecular formula is C17H16Cl2O3. The maximum Gasteiger partial charge on any atom is 0.311 e. The van der Waals surface area contributed by atoms with Crippen LogP contribution in [0.25, 0.3) is 0 Å². The van der Waals surface area contributed by atoms with Crippen molar-refractivity contribution >= 4 is 29.2 Å². The maximum absolute atomic E-state index is 11.7. The van der Waals surface area contributed by atoms with E-state index in [9.17, 15) is 9.90 Å². The molecule has 0 bridgehead atoms. The van der Waals surface area contributed by atoms with E-state index >= 15 is 0 Å². The lowest BCUT2D eigenvalue weighted by Gasteiger charge is -2.17. The van der Waals surface area contributed by atoms with Gasteiger partial charge in [-0.15, -0.1) is 0 Å². The summed E-state index contributed by atoms with van der Waals surface area (Å²) < 4.78 is 5.30. The largest absolute Gasteiger partial charge is 0.496 e. The number of rotatable bonds is 5. The molecule has 0 aliphatic carbocycles. The van der Waals surface area contributed by atoms with Crippen LogP contribution >= 0.6 is 23.2 Å². The summed E-state index contributed by atoms with van der Waals surface area (Å²) in [6.07, 6.45) is 0.312. The molecule has 3 nitrogen and oxygen atoms in total. The number of methoxy groups -OCH3 is 1. The van der Waals surface area contributed by atoms with Crippen molar-refractivity contribution in [2.24, 2.45) is 0 Å². The van der Waals surface area contributed by atoms with E-state index in [0.29, 0.717) is 27.8 Å². The van der Waals surface area contributed by atoms with Crippen molar-refractivity contribution in [3.05, 3.63) is 63.1 Å². The van der Waals surface area contributed by atoms with Gasteiger partial charge in [-0.25, -0.2) is 0 Å². The van der Waals surface area contributed by atoms with Crippen molar-refractivity contribution in [3.63, 3.8) is 0 Å². The molecular weight excluding hydrogens is 323 g/mol. The minimum atomic E-state index is -0.907. The fraction of sp³-hybridized carbons (Fsp3) is 0.235. The number of aliphatic carboxylic acids is 1. The molecule has 0 aliphatic rings. The highest BCUT2D eigenvalue weighted by molar-refractivity contribution is 6.42. The Morgan fingerprint density at radius 1 is 1.18 bits per heavy atom. The van der Waals surface area contributed by atoms with Crippen LogP contribution in [0.4, 0.5) is 0 Å². The second-order valence-corrected chi connectivity index (χ2v) is 5.90. The fourth-order valence-electron chi connectivity index (χ4n) is 2.36. The van der Waals surface area contributed by atoms with Crippen LogP contribution in [0, 0.1) is 6.92 Å². The molecule has 0 aromatic heterocycles. The minimum absolute atomic E-state index is 0.312. The minimum Gasteiger partial charge on any atom is -0.496 e. The summed E-state index contributed by atoms with van der Waals surface area (Å²) in [6, 6.07) is 10.7. The van der Waals surface area contributed by atoms with Gasteiger partial charge in [0.15, 0.2) is 0 Å². The van der Waals surface area contributed by atoms with E-state index in [2.05, 4.69) is 0 Å². The van der Waals surface area contributed by atoms with Gasteiger partial charge in [-0.3, -0.25) is 4.79 Å². The Morgan fingerprint density at radius 3 is 2.50 bits per heavy atom. The molecule has 0 saturated heterocycles. The normalized spacial score (nSPS) is 12.0. The predicted molar refractivity (Wildman–Crippen MR) is 88.3 cm³/mol. The zero-order chi connectivity index (χ0) is 16.3. The number of carboxylic acids is 1. The first-order valence-corrected chi connectivity index (χ1v) is 7.49. The molecule has 0 saturated carbocycles. The summed E-state index contributed by atoms with van der Waals surface area (Å²) in [4.78, 5) is 11.7. The van der Waals surface area contributed by atoms with Crippen LogP contribution in [-0.2, 0) is 11.2 Å². The summed E-state index contributed by atoms with van der Waals surface area (Å²) in [5, 5.41) is 10.5. The van der Waals surface area contributed by atoms with Crippen LogP contribution < -0.4 is 4.74 Å². The number of hydrogen-bond donors (Lipinski definition) is 1. The van der Waals surface area contributed by atoms with Crippen LogP contribution in [-0.4, -0.2) is 18.2 Å². The summed E-state index contributed by atoms with van der Waals surface area (Å²) in [5.74, 6) is -1.06. The first kappa shape index (κ1) is 16.7. The Bertz CT molecular complexity index is 698. The number of aryl methyl sites for hydroxylation is 1. The van der Waals surface area contributed by atoms with E-state index < -0.39 is 11.9 Å². The van der Waals surface area contributed by atoms with E-state index in [0.717, 1.165) is 11.1 Å². The fourth-order valence-corrected chi connectivity index (χ4v) is 2.68.